The number of aryl methyl sites for hydroxylation is 1. The first-order valence-corrected chi connectivity index (χ1v) is 5.96. The molecule has 8 heteroatoms. The van der Waals surface area contributed by atoms with Gasteiger partial charge in [0.2, 0.25) is 5.95 Å². The molecule has 1 N–H and O–H groups in total. The van der Waals surface area contributed by atoms with Crippen LogP contribution in [0.3, 0.4) is 0 Å². The summed E-state index contributed by atoms with van der Waals surface area (Å²) in [7, 11) is 1.68. The monoisotopic (exact) mass is 257 g/mol. The standard InChI is InChI=1S/C8H8FN5S2/c1-4-12-8(16-14-4)15-6-5(9)3-11-7(10-2)13-6/h3H,1-2H3,(H,10,11,13). The summed E-state index contributed by atoms with van der Waals surface area (Å²) in [4.78, 5) is 11.9. The van der Waals surface area contributed by atoms with Crippen LogP contribution in [0.15, 0.2) is 15.6 Å². The number of nitrogens with zero attached hydrogens (tertiary/aromatic N) is 4. The fraction of sp³-hybridized carbons (Fsp3) is 0.250. The Hall–Kier alpha value is -1.28. The topological polar surface area (TPSA) is 63.6 Å². The first kappa shape index (κ1) is 11.2. The Morgan fingerprint density at radius 3 is 2.88 bits per heavy atom. The lowest BCUT2D eigenvalue weighted by molar-refractivity contribution is 0.580. The van der Waals surface area contributed by atoms with Crippen LogP contribution in [0.2, 0.25) is 0 Å². The summed E-state index contributed by atoms with van der Waals surface area (Å²) >= 11 is 2.36. The van der Waals surface area contributed by atoms with Gasteiger partial charge in [0.1, 0.15) is 10.9 Å². The van der Waals surface area contributed by atoms with Gasteiger partial charge in [0.05, 0.1) is 6.20 Å². The number of hydrogen-bond acceptors (Lipinski definition) is 7. The lowest BCUT2D eigenvalue weighted by Gasteiger charge is -2.01. The van der Waals surface area contributed by atoms with E-state index in [0.717, 1.165) is 18.0 Å². The molecule has 0 spiro atoms. The summed E-state index contributed by atoms with van der Waals surface area (Å²) in [5.74, 6) is 0.595. The van der Waals surface area contributed by atoms with Crippen LogP contribution in [0.4, 0.5) is 10.3 Å². The third-order valence-electron chi connectivity index (χ3n) is 1.63. The molecule has 0 aliphatic carbocycles. The van der Waals surface area contributed by atoms with Gasteiger partial charge in [0.25, 0.3) is 0 Å². The Kier molecular flexibility index (Phi) is 3.30. The van der Waals surface area contributed by atoms with Crippen LogP contribution < -0.4 is 5.32 Å². The second-order valence-electron chi connectivity index (χ2n) is 2.81. The van der Waals surface area contributed by atoms with E-state index in [1.54, 1.807) is 14.0 Å². The Morgan fingerprint density at radius 2 is 2.25 bits per heavy atom. The van der Waals surface area contributed by atoms with Gasteiger partial charge in [-0.15, -0.1) is 0 Å². The Morgan fingerprint density at radius 1 is 1.44 bits per heavy atom. The van der Waals surface area contributed by atoms with Gasteiger partial charge in [0.15, 0.2) is 10.2 Å². The molecule has 2 aromatic rings. The van der Waals surface area contributed by atoms with E-state index in [1.165, 1.54) is 11.5 Å². The van der Waals surface area contributed by atoms with Crippen LogP contribution >= 0.6 is 23.3 Å². The van der Waals surface area contributed by atoms with E-state index in [9.17, 15) is 4.39 Å². The summed E-state index contributed by atoms with van der Waals surface area (Å²) in [6, 6.07) is 0. The molecule has 0 atom stereocenters. The number of anilines is 1. The van der Waals surface area contributed by atoms with Gasteiger partial charge in [-0.05, 0) is 30.2 Å². The molecule has 0 aliphatic rings. The zero-order valence-corrected chi connectivity index (χ0v) is 10.2. The minimum atomic E-state index is -0.461. The molecule has 0 bridgehead atoms. The van der Waals surface area contributed by atoms with Gasteiger partial charge < -0.3 is 5.32 Å². The first-order valence-electron chi connectivity index (χ1n) is 4.37. The van der Waals surface area contributed by atoms with Gasteiger partial charge in [0, 0.05) is 7.05 Å². The molecule has 0 unspecified atom stereocenters. The normalized spacial score (nSPS) is 10.4. The van der Waals surface area contributed by atoms with Crippen LogP contribution in [0.25, 0.3) is 0 Å². The van der Waals surface area contributed by atoms with Crippen molar-refractivity contribution in [2.75, 3.05) is 12.4 Å². The van der Waals surface area contributed by atoms with E-state index in [2.05, 4.69) is 24.6 Å². The van der Waals surface area contributed by atoms with Gasteiger partial charge in [-0.2, -0.15) is 4.37 Å². The predicted octanol–water partition coefficient (Wildman–Crippen LogP) is 1.97. The third-order valence-corrected chi connectivity index (χ3v) is 3.45. The van der Waals surface area contributed by atoms with Crippen LogP contribution in [0.5, 0.6) is 0 Å². The molecule has 2 rings (SSSR count). The number of hydrogen-bond donors (Lipinski definition) is 1. The average Bonchev–Trinajstić information content (AvgIpc) is 2.67. The zero-order valence-electron chi connectivity index (χ0n) is 8.56. The molecule has 0 aliphatic heterocycles. The van der Waals surface area contributed by atoms with Crippen molar-refractivity contribution in [1.29, 1.82) is 0 Å². The van der Waals surface area contributed by atoms with Crippen molar-refractivity contribution < 1.29 is 4.39 Å². The van der Waals surface area contributed by atoms with E-state index in [1.807, 2.05) is 0 Å². The summed E-state index contributed by atoms with van der Waals surface area (Å²) < 4.78 is 18.1. The summed E-state index contributed by atoms with van der Waals surface area (Å²) in [5, 5.41) is 3.00. The molecular weight excluding hydrogens is 249 g/mol. The highest BCUT2D eigenvalue weighted by Crippen LogP contribution is 2.29. The number of rotatable bonds is 3. The van der Waals surface area contributed by atoms with Crippen molar-refractivity contribution in [3.8, 4) is 0 Å². The number of nitrogens with one attached hydrogen (secondary N) is 1. The van der Waals surface area contributed by atoms with Gasteiger partial charge >= 0.3 is 0 Å². The van der Waals surface area contributed by atoms with E-state index < -0.39 is 5.82 Å². The summed E-state index contributed by atoms with van der Waals surface area (Å²) in [5.41, 5.74) is 0. The maximum Gasteiger partial charge on any atom is 0.223 e. The third kappa shape index (κ3) is 2.45. The van der Waals surface area contributed by atoms with Gasteiger partial charge in [-0.25, -0.2) is 19.3 Å². The molecule has 0 radical (unpaired) electrons. The summed E-state index contributed by atoms with van der Waals surface area (Å²) in [6.45, 7) is 1.79. The largest absolute Gasteiger partial charge is 0.357 e. The van der Waals surface area contributed by atoms with Gasteiger partial charge in [-0.1, -0.05) is 0 Å². The zero-order chi connectivity index (χ0) is 11.5. The fourth-order valence-corrected chi connectivity index (χ4v) is 2.49. The van der Waals surface area contributed by atoms with E-state index in [4.69, 9.17) is 0 Å². The molecule has 0 aromatic carbocycles. The Bertz CT molecular complexity index is 501. The molecule has 0 saturated heterocycles. The summed E-state index contributed by atoms with van der Waals surface area (Å²) in [6.07, 6.45) is 1.13. The molecule has 0 fully saturated rings. The lowest BCUT2D eigenvalue weighted by atomic mass is 10.6. The molecule has 2 heterocycles. The smallest absolute Gasteiger partial charge is 0.223 e. The molecular formula is C8H8FN5S2. The molecule has 84 valence electrons. The molecule has 0 saturated carbocycles. The highest BCUT2D eigenvalue weighted by atomic mass is 32.2. The predicted molar refractivity (Wildman–Crippen MR) is 60.3 cm³/mol. The van der Waals surface area contributed by atoms with Crippen LogP contribution in [-0.4, -0.2) is 26.4 Å². The van der Waals surface area contributed by atoms with Crippen LogP contribution in [-0.2, 0) is 0 Å². The highest BCUT2D eigenvalue weighted by Gasteiger charge is 2.11. The van der Waals surface area contributed by atoms with Crippen molar-refractivity contribution in [2.24, 2.45) is 0 Å². The minimum Gasteiger partial charge on any atom is -0.357 e. The van der Waals surface area contributed by atoms with Crippen LogP contribution in [0, 0.1) is 12.7 Å². The molecule has 16 heavy (non-hydrogen) atoms. The highest BCUT2D eigenvalue weighted by molar-refractivity contribution is 8.00. The molecule has 0 amide bonds. The van der Waals surface area contributed by atoms with Crippen LogP contribution in [0.1, 0.15) is 5.82 Å². The number of halogens is 1. The average molecular weight is 257 g/mol. The molecule has 2 aromatic heterocycles. The van der Waals surface area contributed by atoms with Gasteiger partial charge in [-0.3, -0.25) is 0 Å². The maximum atomic E-state index is 13.4. The fourth-order valence-electron chi connectivity index (χ4n) is 0.946. The van der Waals surface area contributed by atoms with E-state index in [0.29, 0.717) is 16.1 Å². The second kappa shape index (κ2) is 4.71. The SMILES string of the molecule is CNc1ncc(F)c(Sc2nc(C)ns2)n1. The van der Waals surface area contributed by atoms with Crippen molar-refractivity contribution in [3.05, 3.63) is 17.8 Å². The number of aromatic nitrogens is 4. The van der Waals surface area contributed by atoms with E-state index in [-0.39, 0.29) is 5.03 Å². The quantitative estimate of drug-likeness (QED) is 0.848. The lowest BCUT2D eigenvalue weighted by Crippen LogP contribution is -1.98. The molecule has 5 nitrogen and oxygen atoms in total. The minimum absolute atomic E-state index is 0.246. The Balaban J connectivity index is 2.26. The Labute approximate surface area is 99.7 Å². The van der Waals surface area contributed by atoms with Crippen molar-refractivity contribution in [2.45, 2.75) is 16.3 Å². The van der Waals surface area contributed by atoms with Crippen molar-refractivity contribution in [1.82, 2.24) is 19.3 Å². The van der Waals surface area contributed by atoms with Crippen molar-refractivity contribution in [3.63, 3.8) is 0 Å². The second-order valence-corrected chi connectivity index (χ2v) is 4.79. The van der Waals surface area contributed by atoms with Crippen molar-refractivity contribution >= 4 is 29.2 Å². The maximum absolute atomic E-state index is 13.4. The first-order chi connectivity index (χ1) is 7.69. The van der Waals surface area contributed by atoms with E-state index >= 15 is 0 Å².